The summed E-state index contributed by atoms with van der Waals surface area (Å²) in [5.41, 5.74) is 0.852. The molecule has 0 aliphatic heterocycles. The number of rotatable bonds is 7. The van der Waals surface area contributed by atoms with Crippen molar-refractivity contribution in [1.82, 2.24) is 0 Å². The summed E-state index contributed by atoms with van der Waals surface area (Å²) in [7, 11) is 3.15. The van der Waals surface area contributed by atoms with Gasteiger partial charge in [0, 0.05) is 18.1 Å². The number of hydrogen-bond donors (Lipinski definition) is 1. The second-order valence-corrected chi connectivity index (χ2v) is 4.39. The van der Waals surface area contributed by atoms with Crippen LogP contribution in [-0.2, 0) is 4.79 Å². The highest BCUT2D eigenvalue weighted by Crippen LogP contribution is 2.35. The Morgan fingerprint density at radius 3 is 2.67 bits per heavy atom. The normalized spacial score (nSPS) is 11.9. The Morgan fingerprint density at radius 1 is 1.39 bits per heavy atom. The van der Waals surface area contributed by atoms with E-state index in [2.05, 4.69) is 0 Å². The van der Waals surface area contributed by atoms with Gasteiger partial charge in [-0.1, -0.05) is 6.07 Å². The van der Waals surface area contributed by atoms with Crippen molar-refractivity contribution in [3.63, 3.8) is 0 Å². The van der Waals surface area contributed by atoms with Crippen LogP contribution in [0.5, 0.6) is 11.5 Å². The Morgan fingerprint density at radius 2 is 2.11 bits per heavy atom. The maximum atomic E-state index is 10.4. The van der Waals surface area contributed by atoms with Gasteiger partial charge in [0.15, 0.2) is 0 Å². The summed E-state index contributed by atoms with van der Waals surface area (Å²) in [6.45, 7) is 0. The number of carboxylic acids is 1. The highest BCUT2D eigenvalue weighted by Gasteiger charge is 2.14. The number of aliphatic carboxylic acids is 1. The molecule has 1 N–H and O–H groups in total. The van der Waals surface area contributed by atoms with E-state index in [1.54, 1.807) is 20.3 Å². The maximum Gasteiger partial charge on any atom is 0.303 e. The summed E-state index contributed by atoms with van der Waals surface area (Å²) < 4.78 is 10.4. The Kier molecular flexibility index (Phi) is 5.78. The molecule has 0 bridgehead atoms. The number of methoxy groups -OCH3 is 2. The van der Waals surface area contributed by atoms with E-state index in [1.807, 2.05) is 12.1 Å². The summed E-state index contributed by atoms with van der Waals surface area (Å²) in [5.74, 6) is 0.551. The lowest BCUT2D eigenvalue weighted by Crippen LogP contribution is -1.99. The number of alkyl halides is 1. The van der Waals surface area contributed by atoms with Crippen molar-refractivity contribution in [2.45, 2.75) is 24.6 Å². The molecule has 0 fully saturated rings. The fourth-order valence-corrected chi connectivity index (χ4v) is 2.00. The number of hydrogen-bond acceptors (Lipinski definition) is 3. The minimum atomic E-state index is -0.805. The Hall–Kier alpha value is -1.42. The van der Waals surface area contributed by atoms with Crippen LogP contribution in [0.2, 0.25) is 0 Å². The van der Waals surface area contributed by atoms with Crippen molar-refractivity contribution in [3.8, 4) is 11.5 Å². The van der Waals surface area contributed by atoms with E-state index in [0.717, 1.165) is 5.56 Å². The number of benzene rings is 1. The third kappa shape index (κ3) is 4.11. The van der Waals surface area contributed by atoms with Crippen molar-refractivity contribution in [1.29, 1.82) is 0 Å². The van der Waals surface area contributed by atoms with Crippen molar-refractivity contribution in [2.75, 3.05) is 14.2 Å². The number of carboxylic acid groups (broad SMARTS) is 1. The number of halogens is 1. The quantitative estimate of drug-likeness (QED) is 0.774. The Bertz CT molecular complexity index is 406. The summed E-state index contributed by atoms with van der Waals surface area (Å²) in [6, 6.07) is 5.42. The summed E-state index contributed by atoms with van der Waals surface area (Å²) >= 11 is 6.26. The largest absolute Gasteiger partial charge is 0.497 e. The van der Waals surface area contributed by atoms with Crippen LogP contribution in [-0.4, -0.2) is 25.3 Å². The first-order valence-electron chi connectivity index (χ1n) is 5.66. The third-order valence-corrected chi connectivity index (χ3v) is 3.08. The molecule has 0 amide bonds. The predicted molar refractivity (Wildman–Crippen MR) is 69.6 cm³/mol. The van der Waals surface area contributed by atoms with Gasteiger partial charge in [-0.3, -0.25) is 4.79 Å². The molecule has 4 nitrogen and oxygen atoms in total. The second-order valence-electron chi connectivity index (χ2n) is 3.86. The van der Waals surface area contributed by atoms with Crippen LogP contribution in [0.1, 0.15) is 30.2 Å². The first-order chi connectivity index (χ1) is 8.58. The first-order valence-corrected chi connectivity index (χ1v) is 6.10. The van der Waals surface area contributed by atoms with Crippen LogP contribution in [0, 0.1) is 0 Å². The average molecular weight is 273 g/mol. The standard InChI is InChI=1S/C13H17ClO4/c1-17-9-6-7-10(12(8-9)18-2)11(14)4-3-5-13(15)16/h6-8,11H,3-5H2,1-2H3,(H,15,16). The molecule has 0 aliphatic carbocycles. The average Bonchev–Trinajstić information content (AvgIpc) is 2.37. The molecule has 0 radical (unpaired) electrons. The van der Waals surface area contributed by atoms with Crippen LogP contribution >= 0.6 is 11.6 Å². The van der Waals surface area contributed by atoms with E-state index in [4.69, 9.17) is 26.2 Å². The highest BCUT2D eigenvalue weighted by atomic mass is 35.5. The van der Waals surface area contributed by atoms with E-state index in [1.165, 1.54) is 0 Å². The number of carbonyl (C=O) groups is 1. The van der Waals surface area contributed by atoms with Crippen LogP contribution in [0.15, 0.2) is 18.2 Å². The molecular weight excluding hydrogens is 256 g/mol. The smallest absolute Gasteiger partial charge is 0.303 e. The van der Waals surface area contributed by atoms with Gasteiger partial charge in [0.1, 0.15) is 11.5 Å². The molecule has 0 heterocycles. The molecule has 1 aromatic rings. The SMILES string of the molecule is COc1ccc(C(Cl)CCCC(=O)O)c(OC)c1. The minimum Gasteiger partial charge on any atom is -0.497 e. The Labute approximate surface area is 111 Å². The van der Waals surface area contributed by atoms with Gasteiger partial charge in [0.05, 0.1) is 19.6 Å². The zero-order valence-electron chi connectivity index (χ0n) is 10.5. The van der Waals surface area contributed by atoms with Gasteiger partial charge in [0.2, 0.25) is 0 Å². The van der Waals surface area contributed by atoms with Gasteiger partial charge in [-0.2, -0.15) is 0 Å². The van der Waals surface area contributed by atoms with E-state index in [0.29, 0.717) is 24.3 Å². The molecule has 0 aromatic heterocycles. The van der Waals surface area contributed by atoms with Gasteiger partial charge in [-0.25, -0.2) is 0 Å². The van der Waals surface area contributed by atoms with E-state index >= 15 is 0 Å². The van der Waals surface area contributed by atoms with Crippen LogP contribution in [0.25, 0.3) is 0 Å². The Balaban J connectivity index is 2.72. The molecule has 5 heteroatoms. The van der Waals surface area contributed by atoms with Gasteiger partial charge in [0.25, 0.3) is 0 Å². The lowest BCUT2D eigenvalue weighted by atomic mass is 10.1. The molecule has 1 unspecified atom stereocenters. The molecule has 0 aliphatic rings. The fraction of sp³-hybridized carbons (Fsp3) is 0.462. The summed E-state index contributed by atoms with van der Waals surface area (Å²) in [5, 5.41) is 8.32. The predicted octanol–water partition coefficient (Wildman–Crippen LogP) is 3.24. The minimum absolute atomic E-state index is 0.127. The second kappa shape index (κ2) is 7.11. The van der Waals surface area contributed by atoms with Crippen molar-refractivity contribution in [2.24, 2.45) is 0 Å². The number of ether oxygens (including phenoxy) is 2. The van der Waals surface area contributed by atoms with E-state index < -0.39 is 5.97 Å². The zero-order chi connectivity index (χ0) is 13.5. The van der Waals surface area contributed by atoms with Crippen molar-refractivity contribution >= 4 is 17.6 Å². The van der Waals surface area contributed by atoms with E-state index in [9.17, 15) is 4.79 Å². The molecule has 0 saturated heterocycles. The van der Waals surface area contributed by atoms with Crippen molar-refractivity contribution < 1.29 is 19.4 Å². The lowest BCUT2D eigenvalue weighted by Gasteiger charge is -2.14. The lowest BCUT2D eigenvalue weighted by molar-refractivity contribution is -0.137. The summed E-state index contributed by atoms with van der Waals surface area (Å²) in [6.07, 6.45) is 1.26. The molecule has 0 saturated carbocycles. The van der Waals surface area contributed by atoms with Crippen LogP contribution in [0.3, 0.4) is 0 Å². The fourth-order valence-electron chi connectivity index (χ4n) is 1.67. The molecule has 1 rings (SSSR count). The molecule has 0 spiro atoms. The topological polar surface area (TPSA) is 55.8 Å². The summed E-state index contributed by atoms with van der Waals surface area (Å²) in [4.78, 5) is 10.4. The first kappa shape index (κ1) is 14.6. The molecular formula is C13H17ClO4. The van der Waals surface area contributed by atoms with Gasteiger partial charge >= 0.3 is 5.97 Å². The van der Waals surface area contributed by atoms with Gasteiger partial charge < -0.3 is 14.6 Å². The van der Waals surface area contributed by atoms with E-state index in [-0.39, 0.29) is 11.8 Å². The maximum absolute atomic E-state index is 10.4. The van der Waals surface area contributed by atoms with Crippen LogP contribution < -0.4 is 9.47 Å². The molecule has 1 atom stereocenters. The monoisotopic (exact) mass is 272 g/mol. The van der Waals surface area contributed by atoms with Gasteiger partial charge in [-0.15, -0.1) is 11.6 Å². The van der Waals surface area contributed by atoms with Crippen molar-refractivity contribution in [3.05, 3.63) is 23.8 Å². The zero-order valence-corrected chi connectivity index (χ0v) is 11.2. The molecule has 100 valence electrons. The highest BCUT2D eigenvalue weighted by molar-refractivity contribution is 6.21. The molecule has 1 aromatic carbocycles. The van der Waals surface area contributed by atoms with Crippen LogP contribution in [0.4, 0.5) is 0 Å². The molecule has 18 heavy (non-hydrogen) atoms. The van der Waals surface area contributed by atoms with Gasteiger partial charge in [-0.05, 0) is 18.9 Å². The third-order valence-electron chi connectivity index (χ3n) is 2.63.